The Balaban J connectivity index is 1.62. The first-order chi connectivity index (χ1) is 21.9. The van der Waals surface area contributed by atoms with Gasteiger partial charge in [-0.25, -0.2) is 4.79 Å². The lowest BCUT2D eigenvalue weighted by atomic mass is 9.57. The van der Waals surface area contributed by atoms with E-state index in [2.05, 4.69) is 10.6 Å². The van der Waals surface area contributed by atoms with E-state index in [4.69, 9.17) is 17.3 Å². The lowest BCUT2D eigenvalue weighted by Crippen LogP contribution is -2.66. The summed E-state index contributed by atoms with van der Waals surface area (Å²) in [7, 11) is 6.20. The number of ketones is 2. The van der Waals surface area contributed by atoms with Crippen LogP contribution in [0.25, 0.3) is 5.76 Å². The van der Waals surface area contributed by atoms with Gasteiger partial charge in [0.25, 0.3) is 11.6 Å². The zero-order chi connectivity index (χ0) is 34.9. The normalized spacial score (nSPS) is 23.6. The number of aliphatic hydroxyl groups is 3. The molecule has 246 valence electrons. The summed E-state index contributed by atoms with van der Waals surface area (Å²) < 4.78 is 0. The molecule has 3 aliphatic carbocycles. The standard InChI is InChI=1S/C30H29ClN6O10/c1-35(2)17-10-16(34-29(44)33-15-6-5-12(31)9-18(15)37(46)47)23(38)20-13(17)7-11-8-14-22(36(3)4)25(40)21(28(32)43)27(42)30(14,45)26(41)19(11)24(20)39/h5-11,14,22,38-39,42,45H,1-4H3,(H2,32,43)(H2,33,34,44)/t11?,14?,22-,30-/m0/s1. The number of phenolic OH excluding ortho intramolecular Hbond substituents is 1. The minimum Gasteiger partial charge on any atom is -0.508 e. The van der Waals surface area contributed by atoms with Gasteiger partial charge in [0.15, 0.2) is 17.1 Å². The van der Waals surface area contributed by atoms with Crippen molar-refractivity contribution in [1.82, 2.24) is 4.90 Å². The molecule has 16 nitrogen and oxygen atoms in total. The number of aromatic hydroxyl groups is 1. The number of phenols is 1. The van der Waals surface area contributed by atoms with Gasteiger partial charge >= 0.3 is 6.03 Å². The number of nitrogens with two attached hydrogens (primary N) is 1. The average molecular weight is 669 g/mol. The maximum Gasteiger partial charge on any atom is 0.323 e. The number of carbonyl (C=O) groups is 4. The number of fused-ring (bicyclic) bond motifs is 3. The highest BCUT2D eigenvalue weighted by Gasteiger charge is 2.64. The van der Waals surface area contributed by atoms with Crippen LogP contribution >= 0.6 is 11.6 Å². The summed E-state index contributed by atoms with van der Waals surface area (Å²) in [6, 6.07) is 2.60. The molecule has 17 heteroatoms. The smallest absolute Gasteiger partial charge is 0.323 e. The largest absolute Gasteiger partial charge is 0.508 e. The Morgan fingerprint density at radius 1 is 1.06 bits per heavy atom. The second-order valence-electron chi connectivity index (χ2n) is 11.6. The van der Waals surface area contributed by atoms with Crippen molar-refractivity contribution in [3.8, 4) is 5.75 Å². The SMILES string of the molecule is CN(C)c1cc(NC(=O)Nc2ccc(Cl)cc2[N+](=O)[O-])c(O)c2c1[CH]C1[CH]C3[C@H](N(C)C)C(=O)C(C(N)=O)=C(O)[C@@]3(O)C(=O)C1=C2O. The summed E-state index contributed by atoms with van der Waals surface area (Å²) in [5, 5.41) is 61.9. The number of rotatable bonds is 6. The number of likely N-dealkylation sites (N-methyl/N-ethyl adjacent to an activating group) is 1. The van der Waals surface area contributed by atoms with Crippen molar-refractivity contribution in [2.24, 2.45) is 17.6 Å². The molecule has 0 aliphatic heterocycles. The fourth-order valence-corrected chi connectivity index (χ4v) is 6.45. The lowest BCUT2D eigenvalue weighted by Gasteiger charge is -2.50. The van der Waals surface area contributed by atoms with Gasteiger partial charge in [-0.2, -0.15) is 0 Å². The number of nitrogens with one attached hydrogen (secondary N) is 2. The molecule has 1 fully saturated rings. The number of hydrogen-bond donors (Lipinski definition) is 7. The Morgan fingerprint density at radius 3 is 2.28 bits per heavy atom. The summed E-state index contributed by atoms with van der Waals surface area (Å²) in [4.78, 5) is 66.1. The van der Waals surface area contributed by atoms with Crippen LogP contribution in [0.3, 0.4) is 0 Å². The Hall–Kier alpha value is -5.19. The molecule has 1 saturated carbocycles. The first kappa shape index (κ1) is 33.2. The number of nitrogens with zero attached hydrogens (tertiary/aromatic N) is 3. The van der Waals surface area contributed by atoms with Crippen LogP contribution in [0.5, 0.6) is 5.75 Å². The number of nitro benzene ring substituents is 1. The molecule has 2 aromatic rings. The van der Waals surface area contributed by atoms with E-state index in [1.807, 2.05) is 0 Å². The Kier molecular flexibility index (Phi) is 8.16. The summed E-state index contributed by atoms with van der Waals surface area (Å²) in [6.45, 7) is 0. The van der Waals surface area contributed by atoms with Crippen molar-refractivity contribution in [1.29, 1.82) is 0 Å². The number of primary amides is 1. The molecule has 2 aromatic carbocycles. The molecule has 0 aromatic heterocycles. The van der Waals surface area contributed by atoms with Crippen molar-refractivity contribution in [3.05, 3.63) is 80.3 Å². The number of hydrogen-bond acceptors (Lipinski definition) is 12. The van der Waals surface area contributed by atoms with E-state index < -0.39 is 86.0 Å². The quantitative estimate of drug-likeness (QED) is 0.101. The van der Waals surface area contributed by atoms with E-state index in [0.29, 0.717) is 5.69 Å². The zero-order valence-electron chi connectivity index (χ0n) is 25.2. The molecule has 0 heterocycles. The maximum atomic E-state index is 14.1. The number of urea groups is 1. The molecule has 0 bridgehead atoms. The molecule has 2 radical (unpaired) electrons. The van der Waals surface area contributed by atoms with Crippen molar-refractivity contribution < 1.29 is 44.5 Å². The molecule has 5 rings (SSSR count). The summed E-state index contributed by atoms with van der Waals surface area (Å²) in [5.41, 5.74) is 0.261. The predicted molar refractivity (Wildman–Crippen MR) is 169 cm³/mol. The van der Waals surface area contributed by atoms with Crippen molar-refractivity contribution >= 4 is 63.6 Å². The van der Waals surface area contributed by atoms with E-state index in [1.54, 1.807) is 19.0 Å². The van der Waals surface area contributed by atoms with Gasteiger partial charge < -0.3 is 41.7 Å². The van der Waals surface area contributed by atoms with Crippen LogP contribution in [-0.2, 0) is 14.4 Å². The molecule has 0 saturated heterocycles. The third-order valence-corrected chi connectivity index (χ3v) is 8.60. The third-order valence-electron chi connectivity index (χ3n) is 8.37. The Labute approximate surface area is 271 Å². The number of Topliss-reactive ketones (excluding diaryl/α,β-unsaturated/α-hetero) is 2. The molecule has 3 amide bonds. The van der Waals surface area contributed by atoms with Gasteiger partial charge in [-0.05, 0) is 44.3 Å². The lowest BCUT2D eigenvalue weighted by molar-refractivity contribution is -0.383. The second-order valence-corrected chi connectivity index (χ2v) is 12.0. The fourth-order valence-electron chi connectivity index (χ4n) is 6.28. The van der Waals surface area contributed by atoms with Gasteiger partial charge in [0, 0.05) is 54.7 Å². The fraction of sp³-hybridized carbons (Fsp3) is 0.267. The summed E-state index contributed by atoms with van der Waals surface area (Å²) in [6.07, 6.45) is 2.89. The van der Waals surface area contributed by atoms with Crippen LogP contribution in [-0.4, -0.2) is 93.6 Å². The van der Waals surface area contributed by atoms with E-state index in [1.165, 1.54) is 50.0 Å². The van der Waals surface area contributed by atoms with Crippen molar-refractivity contribution in [2.45, 2.75) is 11.6 Å². The number of benzene rings is 2. The van der Waals surface area contributed by atoms with Crippen molar-refractivity contribution in [2.75, 3.05) is 43.7 Å². The van der Waals surface area contributed by atoms with Crippen LogP contribution in [0.1, 0.15) is 11.1 Å². The van der Waals surface area contributed by atoms with Crippen LogP contribution in [0.2, 0.25) is 5.02 Å². The first-order valence-electron chi connectivity index (χ1n) is 13.9. The molecular weight excluding hydrogens is 640 g/mol. The minimum atomic E-state index is -2.89. The third kappa shape index (κ3) is 5.10. The Morgan fingerprint density at radius 2 is 1.70 bits per heavy atom. The van der Waals surface area contributed by atoms with Gasteiger partial charge in [0.1, 0.15) is 22.8 Å². The number of anilines is 3. The average Bonchev–Trinajstić information content (AvgIpc) is 2.96. The molecule has 47 heavy (non-hydrogen) atoms. The molecule has 8 N–H and O–H groups in total. The number of nitro groups is 1. The van der Waals surface area contributed by atoms with E-state index in [0.717, 1.165) is 6.07 Å². The van der Waals surface area contributed by atoms with Gasteiger partial charge in [-0.1, -0.05) is 11.6 Å². The topological polar surface area (TPSA) is 249 Å². The van der Waals surface area contributed by atoms with Gasteiger partial charge in [-0.15, -0.1) is 0 Å². The van der Waals surface area contributed by atoms with Crippen molar-refractivity contribution in [3.63, 3.8) is 0 Å². The first-order valence-corrected chi connectivity index (χ1v) is 14.2. The molecule has 2 unspecified atom stereocenters. The van der Waals surface area contributed by atoms with E-state index >= 15 is 0 Å². The summed E-state index contributed by atoms with van der Waals surface area (Å²) >= 11 is 5.84. The number of aliphatic hydroxyl groups excluding tert-OH is 2. The minimum absolute atomic E-state index is 0.0564. The maximum absolute atomic E-state index is 14.1. The highest BCUT2D eigenvalue weighted by atomic mass is 35.5. The monoisotopic (exact) mass is 668 g/mol. The number of amides is 3. The van der Waals surface area contributed by atoms with Gasteiger partial charge in [0.2, 0.25) is 5.78 Å². The molecule has 4 atom stereocenters. The Bertz CT molecular complexity index is 1850. The van der Waals surface area contributed by atoms with Crippen LogP contribution in [0, 0.1) is 34.8 Å². The zero-order valence-corrected chi connectivity index (χ0v) is 26.0. The molecular formula is C30H29ClN6O10. The number of carbonyl (C=O) groups excluding carboxylic acids is 4. The van der Waals surface area contributed by atoms with Gasteiger partial charge in [-0.3, -0.25) is 29.4 Å². The van der Waals surface area contributed by atoms with E-state index in [9.17, 15) is 49.7 Å². The van der Waals surface area contributed by atoms with Crippen LogP contribution in [0.4, 0.5) is 27.5 Å². The predicted octanol–water partition coefficient (Wildman–Crippen LogP) is 2.06. The highest BCUT2D eigenvalue weighted by molar-refractivity contribution is 6.31. The molecule has 0 spiro atoms. The number of halogens is 1. The molecule has 3 aliphatic rings. The van der Waals surface area contributed by atoms with E-state index in [-0.39, 0.29) is 27.5 Å². The van der Waals surface area contributed by atoms with Crippen LogP contribution in [0.15, 0.2) is 41.2 Å². The highest BCUT2D eigenvalue weighted by Crippen LogP contribution is 2.55. The second kappa shape index (κ2) is 11.6. The van der Waals surface area contributed by atoms with Crippen LogP contribution < -0.4 is 21.3 Å². The van der Waals surface area contributed by atoms with Gasteiger partial charge in [0.05, 0.1) is 22.2 Å². The summed E-state index contributed by atoms with van der Waals surface area (Å²) in [5.74, 6) is -8.75.